The van der Waals surface area contributed by atoms with E-state index >= 15 is 0 Å². The Morgan fingerprint density at radius 3 is 2.95 bits per heavy atom. The van der Waals surface area contributed by atoms with Gasteiger partial charge in [0, 0.05) is 16.4 Å². The largest absolute Gasteiger partial charge is 0.338 e. The number of nitrogens with zero attached hydrogens (tertiary/aromatic N) is 1. The number of rotatable bonds is 3. The maximum atomic E-state index is 12.9. The van der Waals surface area contributed by atoms with E-state index in [0.717, 1.165) is 48.4 Å². The normalized spacial score (nSPS) is 19.6. The lowest BCUT2D eigenvalue weighted by Crippen LogP contribution is -2.37. The SMILES string of the molecule is O=C(Nc1onc2c1CSC2)C1(c2cccs2)CCCC1. The average Bonchev–Trinajstić information content (AvgIpc) is 3.26. The van der Waals surface area contributed by atoms with Crippen molar-refractivity contribution in [1.82, 2.24) is 5.16 Å². The number of hydrogen-bond acceptors (Lipinski definition) is 5. The molecular formula is C15H16N2O2S2. The van der Waals surface area contributed by atoms with Crippen molar-refractivity contribution >= 4 is 34.9 Å². The van der Waals surface area contributed by atoms with Gasteiger partial charge in [0.15, 0.2) is 0 Å². The Morgan fingerprint density at radius 1 is 1.33 bits per heavy atom. The summed E-state index contributed by atoms with van der Waals surface area (Å²) in [7, 11) is 0. The fraction of sp³-hybridized carbons (Fsp3) is 0.467. The van der Waals surface area contributed by atoms with E-state index in [1.807, 2.05) is 23.2 Å². The molecular weight excluding hydrogens is 304 g/mol. The number of thiophene rings is 1. The Hall–Kier alpha value is -1.27. The van der Waals surface area contributed by atoms with Crippen LogP contribution in [0.3, 0.4) is 0 Å². The van der Waals surface area contributed by atoms with Crippen LogP contribution in [0.25, 0.3) is 0 Å². The molecule has 0 aromatic carbocycles. The average molecular weight is 320 g/mol. The van der Waals surface area contributed by atoms with Gasteiger partial charge in [-0.1, -0.05) is 24.1 Å². The van der Waals surface area contributed by atoms with Crippen molar-refractivity contribution in [3.05, 3.63) is 33.6 Å². The van der Waals surface area contributed by atoms with Crippen LogP contribution in [0.4, 0.5) is 5.88 Å². The summed E-state index contributed by atoms with van der Waals surface area (Å²) in [5, 5.41) is 9.12. The summed E-state index contributed by atoms with van der Waals surface area (Å²) >= 11 is 3.48. The van der Waals surface area contributed by atoms with Crippen molar-refractivity contribution < 1.29 is 9.32 Å². The third-order valence-electron chi connectivity index (χ3n) is 4.47. The molecule has 1 amide bonds. The summed E-state index contributed by atoms with van der Waals surface area (Å²) in [5.74, 6) is 2.38. The topological polar surface area (TPSA) is 55.1 Å². The smallest absolute Gasteiger partial charge is 0.238 e. The molecule has 1 N–H and O–H groups in total. The Kier molecular flexibility index (Phi) is 3.30. The molecule has 0 unspecified atom stereocenters. The molecule has 0 bridgehead atoms. The van der Waals surface area contributed by atoms with E-state index in [0.29, 0.717) is 5.88 Å². The number of fused-ring (bicyclic) bond motifs is 1. The highest BCUT2D eigenvalue weighted by Gasteiger charge is 2.44. The van der Waals surface area contributed by atoms with Crippen molar-refractivity contribution in [3.63, 3.8) is 0 Å². The van der Waals surface area contributed by atoms with Crippen molar-refractivity contribution in [2.75, 3.05) is 5.32 Å². The molecule has 4 rings (SSSR count). The monoisotopic (exact) mass is 320 g/mol. The first kappa shape index (κ1) is 13.4. The minimum absolute atomic E-state index is 0.0679. The molecule has 2 aliphatic rings. The zero-order valence-corrected chi connectivity index (χ0v) is 13.2. The number of anilines is 1. The predicted octanol–water partition coefficient (Wildman–Crippen LogP) is 3.93. The maximum Gasteiger partial charge on any atom is 0.238 e. The summed E-state index contributed by atoms with van der Waals surface area (Å²) in [6, 6.07) is 4.10. The van der Waals surface area contributed by atoms with Gasteiger partial charge in [-0.05, 0) is 24.3 Å². The summed E-state index contributed by atoms with van der Waals surface area (Å²) in [5.41, 5.74) is 1.67. The number of nitrogens with one attached hydrogen (secondary N) is 1. The molecule has 0 spiro atoms. The fourth-order valence-corrected chi connectivity index (χ4v) is 5.30. The first-order valence-electron chi connectivity index (χ1n) is 7.20. The second kappa shape index (κ2) is 5.18. The van der Waals surface area contributed by atoms with E-state index in [-0.39, 0.29) is 11.3 Å². The van der Waals surface area contributed by atoms with Crippen LogP contribution < -0.4 is 5.32 Å². The highest BCUT2D eigenvalue weighted by Crippen LogP contribution is 2.44. The molecule has 0 atom stereocenters. The van der Waals surface area contributed by atoms with E-state index in [9.17, 15) is 4.79 Å². The molecule has 110 valence electrons. The van der Waals surface area contributed by atoms with Gasteiger partial charge in [-0.25, -0.2) is 0 Å². The molecule has 6 heteroatoms. The number of hydrogen-bond donors (Lipinski definition) is 1. The lowest BCUT2D eigenvalue weighted by molar-refractivity contribution is -0.121. The molecule has 1 fully saturated rings. The molecule has 2 aromatic rings. The standard InChI is InChI=1S/C15H16N2O2S2/c18-14(16-13-10-8-20-9-11(10)17-19-13)15(5-1-2-6-15)12-4-3-7-21-12/h3-4,7H,1-2,5-6,8-9H2,(H,16,18). The number of carbonyl (C=O) groups excluding carboxylic acids is 1. The van der Waals surface area contributed by atoms with E-state index in [4.69, 9.17) is 4.52 Å². The van der Waals surface area contributed by atoms with Crippen molar-refractivity contribution in [3.8, 4) is 0 Å². The van der Waals surface area contributed by atoms with Gasteiger partial charge in [-0.15, -0.1) is 11.3 Å². The van der Waals surface area contributed by atoms with Gasteiger partial charge in [0.1, 0.15) is 0 Å². The second-order valence-electron chi connectivity index (χ2n) is 5.65. The van der Waals surface area contributed by atoms with Crippen LogP contribution in [0.15, 0.2) is 22.0 Å². The first-order chi connectivity index (χ1) is 10.3. The number of carbonyl (C=O) groups is 1. The van der Waals surface area contributed by atoms with Crippen molar-refractivity contribution in [2.24, 2.45) is 0 Å². The molecule has 0 saturated heterocycles. The summed E-state index contributed by atoms with van der Waals surface area (Å²) < 4.78 is 5.34. The highest BCUT2D eigenvalue weighted by molar-refractivity contribution is 7.98. The number of thioether (sulfide) groups is 1. The molecule has 1 aliphatic heterocycles. The van der Waals surface area contributed by atoms with Gasteiger partial charge < -0.3 is 4.52 Å². The van der Waals surface area contributed by atoms with Crippen molar-refractivity contribution in [2.45, 2.75) is 42.6 Å². The van der Waals surface area contributed by atoms with Crippen LogP contribution in [-0.4, -0.2) is 11.1 Å². The first-order valence-corrected chi connectivity index (χ1v) is 9.24. The third kappa shape index (κ3) is 2.12. The van der Waals surface area contributed by atoms with Gasteiger partial charge >= 0.3 is 0 Å². The van der Waals surface area contributed by atoms with Gasteiger partial charge in [-0.2, -0.15) is 11.8 Å². The van der Waals surface area contributed by atoms with Crippen molar-refractivity contribution in [1.29, 1.82) is 0 Å². The minimum Gasteiger partial charge on any atom is -0.338 e. The molecule has 2 aromatic heterocycles. The van der Waals surface area contributed by atoms with Gasteiger partial charge in [0.05, 0.1) is 16.7 Å². The lowest BCUT2D eigenvalue weighted by atomic mass is 9.83. The van der Waals surface area contributed by atoms with E-state index < -0.39 is 0 Å². The lowest BCUT2D eigenvalue weighted by Gasteiger charge is -2.25. The number of amides is 1. The zero-order valence-electron chi connectivity index (χ0n) is 11.6. The predicted molar refractivity (Wildman–Crippen MR) is 84.6 cm³/mol. The molecule has 0 radical (unpaired) electrons. The second-order valence-corrected chi connectivity index (χ2v) is 7.58. The van der Waals surface area contributed by atoms with E-state index in [1.165, 1.54) is 4.88 Å². The molecule has 1 aliphatic carbocycles. The molecule has 3 heterocycles. The molecule has 4 nitrogen and oxygen atoms in total. The van der Waals surface area contributed by atoms with Gasteiger partial charge in [0.2, 0.25) is 11.8 Å². The summed E-state index contributed by atoms with van der Waals surface area (Å²) in [4.78, 5) is 14.1. The Bertz CT molecular complexity index is 657. The Balaban J connectivity index is 1.63. The molecule has 21 heavy (non-hydrogen) atoms. The fourth-order valence-electron chi connectivity index (χ4n) is 3.29. The summed E-state index contributed by atoms with van der Waals surface area (Å²) in [6.45, 7) is 0. The van der Waals surface area contributed by atoms with Crippen LogP contribution in [-0.2, 0) is 21.7 Å². The Labute approximate surface area is 131 Å². The maximum absolute atomic E-state index is 12.9. The zero-order chi connectivity index (χ0) is 14.3. The van der Waals surface area contributed by atoms with E-state index in [1.54, 1.807) is 11.3 Å². The molecule has 1 saturated carbocycles. The van der Waals surface area contributed by atoms with Gasteiger partial charge in [-0.3, -0.25) is 10.1 Å². The third-order valence-corrected chi connectivity index (χ3v) is 6.51. The van der Waals surface area contributed by atoms with Crippen LogP contribution in [0.2, 0.25) is 0 Å². The van der Waals surface area contributed by atoms with E-state index in [2.05, 4.69) is 16.5 Å². The van der Waals surface area contributed by atoms with Crippen LogP contribution in [0, 0.1) is 0 Å². The summed E-state index contributed by atoms with van der Waals surface area (Å²) in [6.07, 6.45) is 4.06. The van der Waals surface area contributed by atoms with Crippen LogP contribution >= 0.6 is 23.1 Å². The van der Waals surface area contributed by atoms with Crippen LogP contribution in [0.1, 0.15) is 41.8 Å². The van der Waals surface area contributed by atoms with Crippen LogP contribution in [0.5, 0.6) is 0 Å². The minimum atomic E-state index is -0.375. The highest BCUT2D eigenvalue weighted by atomic mass is 32.2. The Morgan fingerprint density at radius 2 is 2.19 bits per heavy atom. The number of aromatic nitrogens is 1. The van der Waals surface area contributed by atoms with Gasteiger partial charge in [0.25, 0.3) is 0 Å². The quantitative estimate of drug-likeness (QED) is 0.931.